The Morgan fingerprint density at radius 3 is 2.56 bits per heavy atom. The Labute approximate surface area is 194 Å². The monoisotopic (exact) mass is 467 g/mol. The van der Waals surface area contributed by atoms with Gasteiger partial charge >= 0.3 is 6.61 Å². The lowest BCUT2D eigenvalue weighted by Crippen LogP contribution is -2.17. The fourth-order valence-electron chi connectivity index (χ4n) is 4.13. The predicted molar refractivity (Wildman–Crippen MR) is 120 cm³/mol. The van der Waals surface area contributed by atoms with E-state index in [1.165, 1.54) is 6.07 Å². The van der Waals surface area contributed by atoms with Crippen molar-refractivity contribution in [3.8, 4) is 28.1 Å². The van der Waals surface area contributed by atoms with Crippen molar-refractivity contribution >= 4 is 5.65 Å². The molecule has 0 saturated heterocycles. The number of halogens is 2. The molecule has 34 heavy (non-hydrogen) atoms. The summed E-state index contributed by atoms with van der Waals surface area (Å²) in [6.07, 6.45) is -0.877. The van der Waals surface area contributed by atoms with Crippen LogP contribution in [0.5, 0.6) is 5.75 Å². The number of aromatic nitrogens is 3. The molecular formula is C25H23F2N3O4. The maximum atomic E-state index is 13.1. The van der Waals surface area contributed by atoms with E-state index < -0.39 is 18.3 Å². The second-order valence-corrected chi connectivity index (χ2v) is 8.66. The summed E-state index contributed by atoms with van der Waals surface area (Å²) in [6.45, 7) is 0.776. The molecule has 0 radical (unpaired) electrons. The number of aliphatic hydroxyl groups is 2. The molecule has 7 nitrogen and oxygen atoms in total. The van der Waals surface area contributed by atoms with E-state index in [9.17, 15) is 19.0 Å². The van der Waals surface area contributed by atoms with Gasteiger partial charge in [-0.15, -0.1) is 0 Å². The molecule has 4 aromatic rings. The van der Waals surface area contributed by atoms with Crippen LogP contribution in [0.2, 0.25) is 0 Å². The van der Waals surface area contributed by atoms with E-state index in [4.69, 9.17) is 14.6 Å². The first-order chi connectivity index (χ1) is 16.2. The van der Waals surface area contributed by atoms with Crippen LogP contribution >= 0.6 is 0 Å². The van der Waals surface area contributed by atoms with Gasteiger partial charge < -0.3 is 19.7 Å². The molecule has 1 aliphatic rings. The second-order valence-electron chi connectivity index (χ2n) is 8.66. The third-order valence-corrected chi connectivity index (χ3v) is 5.82. The number of hydrogen-bond acceptors (Lipinski definition) is 6. The van der Waals surface area contributed by atoms with Crippen LogP contribution in [0, 0.1) is 0 Å². The van der Waals surface area contributed by atoms with Crippen LogP contribution in [-0.4, -0.2) is 38.0 Å². The van der Waals surface area contributed by atoms with Crippen molar-refractivity contribution in [2.45, 2.75) is 38.8 Å². The lowest BCUT2D eigenvalue weighted by molar-refractivity contribution is -0.0494. The molecule has 9 heteroatoms. The molecule has 5 rings (SSSR count). The van der Waals surface area contributed by atoms with E-state index in [1.807, 2.05) is 12.1 Å². The van der Waals surface area contributed by atoms with Crippen LogP contribution in [0.15, 0.2) is 54.6 Å². The maximum absolute atomic E-state index is 13.1. The highest BCUT2D eigenvalue weighted by atomic mass is 19.3. The highest BCUT2D eigenvalue weighted by Gasteiger charge is 2.27. The number of rotatable bonds is 5. The number of nitrogens with zero attached hydrogens (tertiary/aromatic N) is 3. The number of aliphatic hydroxyl groups excluding tert-OH is 1. The van der Waals surface area contributed by atoms with Gasteiger partial charge in [0.25, 0.3) is 0 Å². The molecule has 1 atom stereocenters. The summed E-state index contributed by atoms with van der Waals surface area (Å²) in [5.74, 6) is 0.0118. The standard InChI is InChI=1S/C25H23F2N3O4/c1-25(2,32)15-9-7-14(8-10-15)22-17(16-5-3-4-6-20(16)34-24(26)27)11-21-28-23-18(30(21)29-22)12-33-13-19(23)31/h3-11,19,24,31-32H,12-13H2,1-2H3. The van der Waals surface area contributed by atoms with Gasteiger partial charge in [-0.3, -0.25) is 0 Å². The average Bonchev–Trinajstić information content (AvgIpc) is 3.17. The molecule has 0 saturated carbocycles. The Hall–Kier alpha value is -3.40. The minimum absolute atomic E-state index is 0.0118. The van der Waals surface area contributed by atoms with Gasteiger partial charge in [0, 0.05) is 16.7 Å². The van der Waals surface area contributed by atoms with Crippen LogP contribution in [0.1, 0.15) is 36.9 Å². The van der Waals surface area contributed by atoms with Gasteiger partial charge in [-0.2, -0.15) is 13.9 Å². The Morgan fingerprint density at radius 1 is 1.12 bits per heavy atom. The summed E-state index contributed by atoms with van der Waals surface area (Å²) in [5, 5.41) is 25.4. The summed E-state index contributed by atoms with van der Waals surface area (Å²) >= 11 is 0. The zero-order valence-electron chi connectivity index (χ0n) is 18.6. The zero-order chi connectivity index (χ0) is 24.0. The molecular weight excluding hydrogens is 444 g/mol. The number of alkyl halides is 2. The highest BCUT2D eigenvalue weighted by Crippen LogP contribution is 2.39. The van der Waals surface area contributed by atoms with Crippen molar-refractivity contribution in [1.82, 2.24) is 14.6 Å². The number of imidazole rings is 1. The van der Waals surface area contributed by atoms with E-state index in [-0.39, 0.29) is 19.0 Å². The van der Waals surface area contributed by atoms with Crippen LogP contribution in [0.3, 0.4) is 0 Å². The van der Waals surface area contributed by atoms with Crippen molar-refractivity contribution in [3.05, 3.63) is 71.5 Å². The summed E-state index contributed by atoms with van der Waals surface area (Å²) in [7, 11) is 0. The Morgan fingerprint density at radius 2 is 1.85 bits per heavy atom. The zero-order valence-corrected chi connectivity index (χ0v) is 18.6. The fourth-order valence-corrected chi connectivity index (χ4v) is 4.13. The Balaban J connectivity index is 1.76. The summed E-state index contributed by atoms with van der Waals surface area (Å²) in [6, 6.07) is 15.5. The number of ether oxygens (including phenoxy) is 2. The number of fused-ring (bicyclic) bond motifs is 3. The first-order valence-electron chi connectivity index (χ1n) is 10.8. The van der Waals surface area contributed by atoms with E-state index in [0.717, 1.165) is 5.56 Å². The van der Waals surface area contributed by atoms with Crippen LogP contribution in [0.25, 0.3) is 28.0 Å². The number of benzene rings is 2. The topological polar surface area (TPSA) is 89.1 Å². The van der Waals surface area contributed by atoms with Gasteiger partial charge in [-0.05, 0) is 31.5 Å². The lowest BCUT2D eigenvalue weighted by Gasteiger charge is -2.19. The summed E-state index contributed by atoms with van der Waals surface area (Å²) in [4.78, 5) is 4.54. The molecule has 2 N–H and O–H groups in total. The number of hydrogen-bond donors (Lipinski definition) is 2. The number of para-hydroxylation sites is 1. The van der Waals surface area contributed by atoms with Gasteiger partial charge in [-0.25, -0.2) is 9.50 Å². The molecule has 0 aliphatic carbocycles. The molecule has 0 fully saturated rings. The van der Waals surface area contributed by atoms with Crippen LogP contribution in [0.4, 0.5) is 8.78 Å². The molecule has 1 aliphatic heterocycles. The second kappa shape index (κ2) is 8.43. The van der Waals surface area contributed by atoms with Crippen molar-refractivity contribution < 1.29 is 28.5 Å². The third-order valence-electron chi connectivity index (χ3n) is 5.82. The van der Waals surface area contributed by atoms with E-state index >= 15 is 0 Å². The van der Waals surface area contributed by atoms with Gasteiger partial charge in [0.2, 0.25) is 0 Å². The third kappa shape index (κ3) is 4.02. The van der Waals surface area contributed by atoms with Crippen LogP contribution in [-0.2, 0) is 16.9 Å². The van der Waals surface area contributed by atoms with Gasteiger partial charge in [0.1, 0.15) is 11.9 Å². The smallest absolute Gasteiger partial charge is 0.387 e. The highest BCUT2D eigenvalue weighted by molar-refractivity contribution is 5.85. The predicted octanol–water partition coefficient (Wildman–Crippen LogP) is 4.46. The molecule has 0 bridgehead atoms. The molecule has 0 spiro atoms. The van der Waals surface area contributed by atoms with E-state index in [1.54, 1.807) is 54.8 Å². The Bertz CT molecular complexity index is 1350. The van der Waals surface area contributed by atoms with E-state index in [2.05, 4.69) is 4.98 Å². The molecule has 2 aromatic carbocycles. The Kier molecular flexibility index (Phi) is 5.55. The van der Waals surface area contributed by atoms with Gasteiger partial charge in [0.15, 0.2) is 5.65 Å². The fraction of sp³-hybridized carbons (Fsp3) is 0.280. The minimum atomic E-state index is -2.99. The van der Waals surface area contributed by atoms with E-state index in [0.29, 0.717) is 39.4 Å². The molecule has 0 amide bonds. The first kappa shape index (κ1) is 22.4. The minimum Gasteiger partial charge on any atom is -0.434 e. The SMILES string of the molecule is CC(C)(O)c1ccc(-c2nn3c4c(nc3cc2-c2ccccc2OC(F)F)C(O)COC4)cc1. The average molecular weight is 467 g/mol. The summed E-state index contributed by atoms with van der Waals surface area (Å²) < 4.78 is 38.1. The molecule has 3 heterocycles. The molecule has 2 aromatic heterocycles. The van der Waals surface area contributed by atoms with Crippen molar-refractivity contribution in [3.63, 3.8) is 0 Å². The van der Waals surface area contributed by atoms with Crippen LogP contribution < -0.4 is 4.74 Å². The largest absolute Gasteiger partial charge is 0.434 e. The first-order valence-corrected chi connectivity index (χ1v) is 10.8. The summed E-state index contributed by atoms with van der Waals surface area (Å²) in [5.41, 5.74) is 3.44. The van der Waals surface area contributed by atoms with Crippen molar-refractivity contribution in [1.29, 1.82) is 0 Å². The lowest BCUT2D eigenvalue weighted by atomic mass is 9.94. The van der Waals surface area contributed by atoms with Crippen molar-refractivity contribution in [2.75, 3.05) is 6.61 Å². The van der Waals surface area contributed by atoms with Gasteiger partial charge in [0.05, 0.1) is 35.9 Å². The molecule has 1 unspecified atom stereocenters. The quantitative estimate of drug-likeness (QED) is 0.451. The normalized spacial score (nSPS) is 16.1. The van der Waals surface area contributed by atoms with Gasteiger partial charge in [-0.1, -0.05) is 42.5 Å². The molecule has 176 valence electrons. The van der Waals surface area contributed by atoms with Crippen molar-refractivity contribution in [2.24, 2.45) is 0 Å². The maximum Gasteiger partial charge on any atom is 0.387 e.